The Morgan fingerprint density at radius 1 is 1.14 bits per heavy atom. The van der Waals surface area contributed by atoms with E-state index in [9.17, 15) is 23.8 Å². The third kappa shape index (κ3) is 4.87. The van der Waals surface area contributed by atoms with Crippen molar-refractivity contribution in [2.24, 2.45) is 0 Å². The van der Waals surface area contributed by atoms with Gasteiger partial charge >= 0.3 is 5.97 Å². The van der Waals surface area contributed by atoms with Gasteiger partial charge in [-0.2, -0.15) is 0 Å². The quantitative estimate of drug-likeness (QED) is 0.497. The van der Waals surface area contributed by atoms with Gasteiger partial charge in [-0.1, -0.05) is 24.3 Å². The Kier molecular flexibility index (Phi) is 7.07. The normalized spacial score (nSPS) is 18.5. The third-order valence-electron chi connectivity index (χ3n) is 4.41. The van der Waals surface area contributed by atoms with E-state index in [4.69, 9.17) is 4.74 Å². The van der Waals surface area contributed by atoms with Crippen molar-refractivity contribution in [1.29, 1.82) is 0 Å². The number of esters is 1. The van der Waals surface area contributed by atoms with E-state index in [-0.39, 0.29) is 6.61 Å². The predicted octanol–water partition coefficient (Wildman–Crippen LogP) is 3.00. The van der Waals surface area contributed by atoms with Crippen LogP contribution in [-0.4, -0.2) is 46.6 Å². The van der Waals surface area contributed by atoms with Crippen molar-refractivity contribution < 1.29 is 33.3 Å². The van der Waals surface area contributed by atoms with E-state index in [1.807, 2.05) is 0 Å². The monoisotopic (exact) mass is 425 g/mol. The number of rotatable bonds is 8. The highest BCUT2D eigenvalue weighted by Gasteiger charge is 2.35. The Morgan fingerprint density at radius 2 is 1.72 bits per heavy atom. The molecular formula is C20H21F2NO5S. The number of aliphatic hydroxyl groups is 2. The van der Waals surface area contributed by atoms with Gasteiger partial charge in [-0.3, -0.25) is 0 Å². The summed E-state index contributed by atoms with van der Waals surface area (Å²) in [5.74, 6) is -2.82. The number of aliphatic hydroxyl groups excluding tert-OH is 2. The zero-order chi connectivity index (χ0) is 21.0. The molecule has 0 fully saturated rings. The van der Waals surface area contributed by atoms with E-state index in [2.05, 4.69) is 4.74 Å². The van der Waals surface area contributed by atoms with Crippen molar-refractivity contribution in [2.75, 3.05) is 25.5 Å². The molecule has 2 aromatic carbocycles. The molecule has 1 aliphatic heterocycles. The second-order valence-corrected chi connectivity index (χ2v) is 7.44. The van der Waals surface area contributed by atoms with Crippen LogP contribution in [0.5, 0.6) is 5.75 Å². The van der Waals surface area contributed by atoms with E-state index < -0.39 is 42.4 Å². The number of halogens is 2. The number of fused-ring (bicyclic) bond motifs is 1. The number of hydrogen-bond donors (Lipinski definition) is 2. The largest absolute Gasteiger partial charge is 0.476 e. The van der Waals surface area contributed by atoms with Crippen LogP contribution in [0.1, 0.15) is 30.5 Å². The first kappa shape index (κ1) is 21.5. The van der Waals surface area contributed by atoms with Crippen molar-refractivity contribution >= 4 is 17.7 Å². The SMILES string of the molecule is CCOC(=O)COc1c(F)cc(SCCN2C(O)c3ccccc3C2O)cc1F. The first-order valence-electron chi connectivity index (χ1n) is 9.03. The highest BCUT2D eigenvalue weighted by molar-refractivity contribution is 7.99. The smallest absolute Gasteiger partial charge is 0.344 e. The summed E-state index contributed by atoms with van der Waals surface area (Å²) in [4.78, 5) is 13.1. The van der Waals surface area contributed by atoms with Crippen LogP contribution in [0.4, 0.5) is 8.78 Å². The lowest BCUT2D eigenvalue weighted by Gasteiger charge is -2.23. The minimum atomic E-state index is -0.936. The average molecular weight is 425 g/mol. The molecule has 156 valence electrons. The second-order valence-electron chi connectivity index (χ2n) is 6.27. The van der Waals surface area contributed by atoms with Crippen molar-refractivity contribution in [3.8, 4) is 5.75 Å². The fourth-order valence-corrected chi connectivity index (χ4v) is 3.99. The number of hydrogen-bond acceptors (Lipinski definition) is 7. The van der Waals surface area contributed by atoms with Gasteiger partial charge in [0.25, 0.3) is 0 Å². The molecule has 2 aromatic rings. The van der Waals surface area contributed by atoms with Crippen molar-refractivity contribution in [3.05, 3.63) is 59.2 Å². The maximum Gasteiger partial charge on any atom is 0.344 e. The van der Waals surface area contributed by atoms with Gasteiger partial charge in [-0.25, -0.2) is 18.5 Å². The van der Waals surface area contributed by atoms with Gasteiger partial charge in [0.2, 0.25) is 0 Å². The molecule has 0 bridgehead atoms. The van der Waals surface area contributed by atoms with Gasteiger partial charge in [0.15, 0.2) is 24.0 Å². The standard InChI is InChI=1S/C20H21F2NO5S/c1-2-27-17(24)11-28-18-15(21)9-12(10-16(18)22)29-8-7-23-19(25)13-5-3-4-6-14(13)20(23)26/h3-6,9-10,19-20,25-26H,2,7-8,11H2,1H3. The molecule has 6 nitrogen and oxygen atoms in total. The molecule has 29 heavy (non-hydrogen) atoms. The van der Waals surface area contributed by atoms with Gasteiger partial charge in [0.05, 0.1) is 6.61 Å². The summed E-state index contributed by atoms with van der Waals surface area (Å²) in [6, 6.07) is 9.28. The molecule has 2 N–H and O–H groups in total. The van der Waals surface area contributed by atoms with E-state index >= 15 is 0 Å². The Morgan fingerprint density at radius 3 is 2.28 bits per heavy atom. The van der Waals surface area contributed by atoms with Gasteiger partial charge < -0.3 is 19.7 Å². The molecule has 0 aromatic heterocycles. The van der Waals surface area contributed by atoms with Crippen LogP contribution in [-0.2, 0) is 9.53 Å². The second kappa shape index (κ2) is 9.53. The van der Waals surface area contributed by atoms with Crippen LogP contribution >= 0.6 is 11.8 Å². The molecule has 2 atom stereocenters. The zero-order valence-electron chi connectivity index (χ0n) is 15.7. The van der Waals surface area contributed by atoms with Gasteiger partial charge in [0.1, 0.15) is 12.5 Å². The molecule has 3 rings (SSSR count). The highest BCUT2D eigenvalue weighted by atomic mass is 32.2. The molecule has 0 spiro atoms. The Bertz CT molecular complexity index is 830. The van der Waals surface area contributed by atoms with Crippen LogP contribution in [0.2, 0.25) is 0 Å². The van der Waals surface area contributed by atoms with Crippen LogP contribution in [0.3, 0.4) is 0 Å². The minimum absolute atomic E-state index is 0.147. The average Bonchev–Trinajstić information content (AvgIpc) is 2.93. The Balaban J connectivity index is 1.57. The fourth-order valence-electron chi connectivity index (χ4n) is 3.08. The lowest BCUT2D eigenvalue weighted by Crippen LogP contribution is -2.28. The molecule has 1 aliphatic rings. The van der Waals surface area contributed by atoms with Crippen molar-refractivity contribution in [1.82, 2.24) is 4.90 Å². The summed E-state index contributed by atoms with van der Waals surface area (Å²) in [6.07, 6.45) is -1.87. The molecule has 0 amide bonds. The summed E-state index contributed by atoms with van der Waals surface area (Å²) < 4.78 is 37.8. The first-order chi connectivity index (χ1) is 13.9. The Hall–Kier alpha value is -2.20. The zero-order valence-corrected chi connectivity index (χ0v) is 16.5. The van der Waals surface area contributed by atoms with Crippen LogP contribution in [0.15, 0.2) is 41.3 Å². The number of carbonyl (C=O) groups is 1. The summed E-state index contributed by atoms with van der Waals surface area (Å²) >= 11 is 1.17. The number of nitrogens with zero attached hydrogens (tertiary/aromatic N) is 1. The summed E-state index contributed by atoms with van der Waals surface area (Å²) in [6.45, 7) is 1.48. The van der Waals surface area contributed by atoms with Crippen LogP contribution < -0.4 is 4.74 Å². The maximum atomic E-state index is 14.2. The summed E-state index contributed by atoms with van der Waals surface area (Å²) in [7, 11) is 0. The molecule has 9 heteroatoms. The molecule has 2 unspecified atom stereocenters. The van der Waals surface area contributed by atoms with Gasteiger partial charge in [0, 0.05) is 28.3 Å². The van der Waals surface area contributed by atoms with E-state index in [1.54, 1.807) is 31.2 Å². The molecule has 0 aliphatic carbocycles. The number of ether oxygens (including phenoxy) is 2. The third-order valence-corrected chi connectivity index (χ3v) is 5.37. The van der Waals surface area contributed by atoms with E-state index in [0.29, 0.717) is 28.3 Å². The van der Waals surface area contributed by atoms with Crippen LogP contribution in [0.25, 0.3) is 0 Å². The summed E-state index contributed by atoms with van der Waals surface area (Å²) in [5, 5.41) is 20.7. The highest BCUT2D eigenvalue weighted by Crippen LogP contribution is 2.39. The van der Waals surface area contributed by atoms with Crippen LogP contribution in [0, 0.1) is 11.6 Å². The fraction of sp³-hybridized carbons (Fsp3) is 0.350. The number of carbonyl (C=O) groups excluding carboxylic acids is 1. The minimum Gasteiger partial charge on any atom is -0.476 e. The number of thioether (sulfide) groups is 1. The van der Waals surface area contributed by atoms with Gasteiger partial charge in [-0.05, 0) is 19.1 Å². The topological polar surface area (TPSA) is 79.2 Å². The lowest BCUT2D eigenvalue weighted by molar-refractivity contribution is -0.145. The van der Waals surface area contributed by atoms with Crippen molar-refractivity contribution in [2.45, 2.75) is 24.3 Å². The molecule has 1 heterocycles. The molecule has 0 saturated heterocycles. The first-order valence-corrected chi connectivity index (χ1v) is 10.0. The van der Waals surface area contributed by atoms with Gasteiger partial charge in [-0.15, -0.1) is 11.8 Å². The van der Waals surface area contributed by atoms with E-state index in [1.165, 1.54) is 16.7 Å². The van der Waals surface area contributed by atoms with Crippen molar-refractivity contribution in [3.63, 3.8) is 0 Å². The predicted molar refractivity (Wildman–Crippen MR) is 102 cm³/mol. The molecule has 0 saturated carbocycles. The molecular weight excluding hydrogens is 404 g/mol. The number of benzene rings is 2. The molecule has 0 radical (unpaired) electrons. The maximum absolute atomic E-state index is 14.2. The lowest BCUT2D eigenvalue weighted by atomic mass is 10.1. The Labute approximate surface area is 171 Å². The summed E-state index contributed by atoms with van der Waals surface area (Å²) in [5.41, 5.74) is 1.29. The van der Waals surface area contributed by atoms with E-state index in [0.717, 1.165) is 12.1 Å².